The molecule has 0 radical (unpaired) electrons. The number of fused-ring (bicyclic) bond motifs is 3. The van der Waals surface area contributed by atoms with E-state index in [-0.39, 0.29) is 6.10 Å². The van der Waals surface area contributed by atoms with E-state index in [9.17, 15) is 4.79 Å². The number of halogens is 1. The van der Waals surface area contributed by atoms with E-state index in [0.717, 1.165) is 32.5 Å². The number of rotatable bonds is 3. The van der Waals surface area contributed by atoms with Crippen LogP contribution in [0.3, 0.4) is 0 Å². The number of nitrogens with two attached hydrogens (primary N) is 1. The molecule has 0 spiro atoms. The van der Waals surface area contributed by atoms with Crippen LogP contribution >= 0.6 is 11.6 Å². The lowest BCUT2D eigenvalue weighted by Crippen LogP contribution is -2.51. The van der Waals surface area contributed by atoms with Gasteiger partial charge >= 0.3 is 5.97 Å². The molecular formula is C15H19ClN2O3. The molecule has 3 fully saturated rings. The lowest BCUT2D eigenvalue weighted by molar-refractivity contribution is -0.0457. The van der Waals surface area contributed by atoms with Crippen molar-refractivity contribution in [3.8, 4) is 5.75 Å². The fraction of sp³-hybridized carbons (Fsp3) is 0.533. The average Bonchev–Trinajstić information content (AvgIpc) is 2.50. The molecule has 4 rings (SSSR count). The summed E-state index contributed by atoms with van der Waals surface area (Å²) >= 11 is 6.00. The van der Waals surface area contributed by atoms with Crippen LogP contribution in [0.5, 0.6) is 5.75 Å². The Balaban J connectivity index is 1.78. The van der Waals surface area contributed by atoms with E-state index >= 15 is 0 Å². The molecule has 3 aliphatic rings. The molecule has 6 heteroatoms. The second-order valence-corrected chi connectivity index (χ2v) is 6.06. The Morgan fingerprint density at radius 2 is 2.10 bits per heavy atom. The number of methoxy groups -OCH3 is 1. The third kappa shape index (κ3) is 2.80. The standard InChI is InChI=1S/C15H19ClN2O3/c1-20-13-7-12(17)11(16)6-10(13)15(19)21-14-8-18-4-2-9(14)3-5-18/h6-7,9,14H,2-5,8,17H2,1H3/t14-/m0/s1. The molecule has 3 saturated heterocycles. The maximum absolute atomic E-state index is 12.4. The van der Waals surface area contributed by atoms with Gasteiger partial charge in [0.2, 0.25) is 0 Å². The number of nitrogen functional groups attached to an aromatic ring is 1. The number of nitrogens with zero attached hydrogens (tertiary/aromatic N) is 1. The first-order chi connectivity index (χ1) is 10.1. The first kappa shape index (κ1) is 14.5. The van der Waals surface area contributed by atoms with Crippen molar-refractivity contribution in [2.45, 2.75) is 18.9 Å². The lowest BCUT2D eigenvalue weighted by Gasteiger charge is -2.43. The van der Waals surface area contributed by atoms with Crippen molar-refractivity contribution >= 4 is 23.3 Å². The van der Waals surface area contributed by atoms with Crippen molar-refractivity contribution in [2.24, 2.45) is 5.92 Å². The minimum Gasteiger partial charge on any atom is -0.496 e. The Bertz CT molecular complexity index is 556. The summed E-state index contributed by atoms with van der Waals surface area (Å²) < 4.78 is 10.9. The predicted molar refractivity (Wildman–Crippen MR) is 80.8 cm³/mol. The number of hydrogen-bond acceptors (Lipinski definition) is 5. The van der Waals surface area contributed by atoms with E-state index in [1.54, 1.807) is 6.07 Å². The Hall–Kier alpha value is -1.46. The summed E-state index contributed by atoms with van der Waals surface area (Å²) in [7, 11) is 1.49. The van der Waals surface area contributed by atoms with E-state index in [0.29, 0.717) is 27.9 Å². The molecule has 3 aliphatic heterocycles. The molecule has 0 saturated carbocycles. The first-order valence-corrected chi connectivity index (χ1v) is 7.52. The van der Waals surface area contributed by atoms with E-state index < -0.39 is 5.97 Å². The minimum atomic E-state index is -0.396. The topological polar surface area (TPSA) is 64.8 Å². The van der Waals surface area contributed by atoms with Gasteiger partial charge in [0.25, 0.3) is 0 Å². The zero-order valence-electron chi connectivity index (χ0n) is 12.0. The van der Waals surface area contributed by atoms with Crippen LogP contribution in [-0.2, 0) is 4.74 Å². The molecule has 0 aliphatic carbocycles. The fourth-order valence-corrected chi connectivity index (χ4v) is 3.31. The number of piperidine rings is 3. The highest BCUT2D eigenvalue weighted by molar-refractivity contribution is 6.33. The monoisotopic (exact) mass is 310 g/mol. The van der Waals surface area contributed by atoms with Crippen molar-refractivity contribution in [1.82, 2.24) is 4.90 Å². The first-order valence-electron chi connectivity index (χ1n) is 7.15. The largest absolute Gasteiger partial charge is 0.496 e. The number of anilines is 1. The van der Waals surface area contributed by atoms with Crippen LogP contribution in [0.4, 0.5) is 5.69 Å². The average molecular weight is 311 g/mol. The van der Waals surface area contributed by atoms with Crippen LogP contribution in [0.2, 0.25) is 5.02 Å². The SMILES string of the molecule is COc1cc(N)c(Cl)cc1C(=O)O[C@H]1CN2CCC1CC2. The third-order valence-electron chi connectivity index (χ3n) is 4.39. The van der Waals surface area contributed by atoms with Crippen LogP contribution < -0.4 is 10.5 Å². The maximum Gasteiger partial charge on any atom is 0.342 e. The molecule has 1 aromatic carbocycles. The maximum atomic E-state index is 12.4. The number of esters is 1. The zero-order chi connectivity index (χ0) is 15.0. The Labute approximate surface area is 128 Å². The van der Waals surface area contributed by atoms with Crippen LogP contribution in [0, 0.1) is 5.92 Å². The minimum absolute atomic E-state index is 0.0407. The van der Waals surface area contributed by atoms with E-state index in [1.807, 2.05) is 0 Å². The van der Waals surface area contributed by atoms with E-state index in [2.05, 4.69) is 4.90 Å². The molecule has 1 aromatic rings. The molecular weight excluding hydrogens is 292 g/mol. The molecule has 2 N–H and O–H groups in total. The van der Waals surface area contributed by atoms with Crippen molar-refractivity contribution in [3.63, 3.8) is 0 Å². The Kier molecular flexibility index (Phi) is 3.95. The number of carbonyl (C=O) groups is 1. The van der Waals surface area contributed by atoms with Gasteiger partial charge in [-0.15, -0.1) is 0 Å². The smallest absolute Gasteiger partial charge is 0.342 e. The third-order valence-corrected chi connectivity index (χ3v) is 4.72. The summed E-state index contributed by atoms with van der Waals surface area (Å²) in [6.07, 6.45) is 2.15. The van der Waals surface area contributed by atoms with Gasteiger partial charge in [-0.25, -0.2) is 4.79 Å². The Morgan fingerprint density at radius 1 is 1.38 bits per heavy atom. The number of benzene rings is 1. The van der Waals surface area contributed by atoms with Gasteiger partial charge in [0.15, 0.2) is 0 Å². The van der Waals surface area contributed by atoms with Gasteiger partial charge in [-0.05, 0) is 37.9 Å². The summed E-state index contributed by atoms with van der Waals surface area (Å²) in [6.45, 7) is 3.03. The van der Waals surface area contributed by atoms with Gasteiger partial charge < -0.3 is 15.2 Å². The second kappa shape index (κ2) is 5.73. The highest BCUT2D eigenvalue weighted by Crippen LogP contribution is 2.33. The number of hydrogen-bond donors (Lipinski definition) is 1. The lowest BCUT2D eigenvalue weighted by atomic mass is 9.86. The van der Waals surface area contributed by atoms with Crippen molar-refractivity contribution < 1.29 is 14.3 Å². The van der Waals surface area contributed by atoms with Crippen LogP contribution in [0.1, 0.15) is 23.2 Å². The molecule has 21 heavy (non-hydrogen) atoms. The van der Waals surface area contributed by atoms with Crippen LogP contribution in [0.25, 0.3) is 0 Å². The normalized spacial score (nSPS) is 27.4. The summed E-state index contributed by atoms with van der Waals surface area (Å²) in [5, 5.41) is 0.330. The Morgan fingerprint density at radius 3 is 2.67 bits per heavy atom. The summed E-state index contributed by atoms with van der Waals surface area (Å²) in [4.78, 5) is 14.8. The van der Waals surface area contributed by atoms with Gasteiger partial charge in [-0.2, -0.15) is 0 Å². The number of carbonyl (C=O) groups excluding carboxylic acids is 1. The van der Waals surface area contributed by atoms with Crippen molar-refractivity contribution in [2.75, 3.05) is 32.5 Å². The van der Waals surface area contributed by atoms with Gasteiger partial charge in [-0.3, -0.25) is 4.90 Å². The second-order valence-electron chi connectivity index (χ2n) is 5.66. The highest BCUT2D eigenvalue weighted by atomic mass is 35.5. The fourth-order valence-electron chi connectivity index (χ4n) is 3.14. The molecule has 0 aromatic heterocycles. The summed E-state index contributed by atoms with van der Waals surface area (Å²) in [6, 6.07) is 3.06. The highest BCUT2D eigenvalue weighted by Gasteiger charge is 2.37. The predicted octanol–water partition coefficient (Wildman–Crippen LogP) is 2.18. The molecule has 0 amide bonds. The summed E-state index contributed by atoms with van der Waals surface area (Å²) in [5.74, 6) is 0.463. The van der Waals surface area contributed by atoms with Gasteiger partial charge in [-0.1, -0.05) is 11.6 Å². The van der Waals surface area contributed by atoms with Gasteiger partial charge in [0, 0.05) is 12.6 Å². The van der Waals surface area contributed by atoms with Gasteiger partial charge in [0.1, 0.15) is 17.4 Å². The molecule has 1 atom stereocenters. The molecule has 3 heterocycles. The van der Waals surface area contributed by atoms with E-state index in [1.165, 1.54) is 13.2 Å². The molecule has 114 valence electrons. The molecule has 0 unspecified atom stereocenters. The summed E-state index contributed by atoms with van der Waals surface area (Å²) in [5.41, 5.74) is 6.44. The van der Waals surface area contributed by atoms with Crippen molar-refractivity contribution in [3.05, 3.63) is 22.7 Å². The van der Waals surface area contributed by atoms with Crippen LogP contribution in [-0.4, -0.2) is 43.7 Å². The zero-order valence-corrected chi connectivity index (χ0v) is 12.7. The number of ether oxygens (including phenoxy) is 2. The molecule has 2 bridgehead atoms. The van der Waals surface area contributed by atoms with E-state index in [4.69, 9.17) is 26.8 Å². The quantitative estimate of drug-likeness (QED) is 0.685. The van der Waals surface area contributed by atoms with Crippen molar-refractivity contribution in [1.29, 1.82) is 0 Å². The van der Waals surface area contributed by atoms with Crippen LogP contribution in [0.15, 0.2) is 12.1 Å². The van der Waals surface area contributed by atoms with Gasteiger partial charge in [0.05, 0.1) is 17.8 Å². The molecule has 5 nitrogen and oxygen atoms in total.